The van der Waals surface area contributed by atoms with Crippen LogP contribution in [0.2, 0.25) is 0 Å². The molecule has 0 bridgehead atoms. The monoisotopic (exact) mass is 333 g/mol. The maximum absolute atomic E-state index is 12.9. The molecule has 2 fully saturated rings. The summed E-state index contributed by atoms with van der Waals surface area (Å²) in [5, 5.41) is 2.92. The second-order valence-corrected chi connectivity index (χ2v) is 7.45. The number of hydrogen-bond donors (Lipinski definition) is 1. The minimum absolute atomic E-state index is 0.0654. The van der Waals surface area contributed by atoms with Crippen LogP contribution in [0, 0.1) is 17.7 Å². The molecule has 1 aromatic carbocycles. The summed E-state index contributed by atoms with van der Waals surface area (Å²) in [4.78, 5) is 16.8. The van der Waals surface area contributed by atoms with Crippen molar-refractivity contribution in [3.05, 3.63) is 35.6 Å². The topological polar surface area (TPSA) is 35.6 Å². The summed E-state index contributed by atoms with van der Waals surface area (Å²) in [6, 6.07) is 6.88. The lowest BCUT2D eigenvalue weighted by atomic mass is 9.97. The molecule has 0 unspecified atom stereocenters. The van der Waals surface area contributed by atoms with Crippen molar-refractivity contribution in [1.82, 2.24) is 15.1 Å². The van der Waals surface area contributed by atoms with Crippen molar-refractivity contribution in [2.75, 3.05) is 33.7 Å². The van der Waals surface area contributed by atoms with Crippen molar-refractivity contribution >= 4 is 5.91 Å². The quantitative estimate of drug-likeness (QED) is 0.830. The molecule has 1 saturated carbocycles. The number of likely N-dealkylation sites (tertiary alicyclic amines) is 1. The second-order valence-electron chi connectivity index (χ2n) is 7.45. The summed E-state index contributed by atoms with van der Waals surface area (Å²) in [6.07, 6.45) is 3.28. The van der Waals surface area contributed by atoms with Gasteiger partial charge in [0.1, 0.15) is 5.82 Å². The van der Waals surface area contributed by atoms with Crippen molar-refractivity contribution in [2.45, 2.75) is 31.8 Å². The molecular weight excluding hydrogens is 305 g/mol. The lowest BCUT2D eigenvalue weighted by molar-refractivity contribution is -0.121. The molecule has 1 saturated heterocycles. The molecule has 24 heavy (non-hydrogen) atoms. The SMILES string of the molecule is CN(C)[C@H]1CN(CCC(=O)NCc2ccc(F)cc2)C[C@@H]1C1CC1. The predicted molar refractivity (Wildman–Crippen MR) is 93.0 cm³/mol. The molecule has 1 amide bonds. The second kappa shape index (κ2) is 7.62. The molecule has 4 nitrogen and oxygen atoms in total. The Morgan fingerprint density at radius 3 is 2.58 bits per heavy atom. The number of likely N-dealkylation sites (N-methyl/N-ethyl adjacent to an activating group) is 1. The summed E-state index contributed by atoms with van der Waals surface area (Å²) in [5.41, 5.74) is 0.924. The molecular formula is C19H28FN3O. The van der Waals surface area contributed by atoms with Gasteiger partial charge in [-0.1, -0.05) is 12.1 Å². The highest BCUT2D eigenvalue weighted by atomic mass is 19.1. The van der Waals surface area contributed by atoms with E-state index < -0.39 is 0 Å². The summed E-state index contributed by atoms with van der Waals surface area (Å²) in [7, 11) is 4.33. The first-order chi connectivity index (χ1) is 11.5. The molecule has 0 radical (unpaired) electrons. The van der Waals surface area contributed by atoms with Crippen LogP contribution in [-0.2, 0) is 11.3 Å². The van der Waals surface area contributed by atoms with Gasteiger partial charge in [0.2, 0.25) is 5.91 Å². The van der Waals surface area contributed by atoms with Crippen molar-refractivity contribution in [3.63, 3.8) is 0 Å². The van der Waals surface area contributed by atoms with Gasteiger partial charge in [0.25, 0.3) is 0 Å². The predicted octanol–water partition coefficient (Wildman–Crippen LogP) is 2.10. The normalized spacial score (nSPS) is 24.5. The maximum Gasteiger partial charge on any atom is 0.221 e. The Bertz CT molecular complexity index is 546. The Morgan fingerprint density at radius 2 is 1.96 bits per heavy atom. The third-order valence-electron chi connectivity index (χ3n) is 5.36. The number of halogens is 1. The van der Waals surface area contributed by atoms with Gasteiger partial charge in [-0.15, -0.1) is 0 Å². The Balaban J connectivity index is 1.40. The van der Waals surface area contributed by atoms with Crippen molar-refractivity contribution < 1.29 is 9.18 Å². The van der Waals surface area contributed by atoms with Crippen molar-refractivity contribution in [1.29, 1.82) is 0 Å². The Kier molecular flexibility index (Phi) is 5.51. The van der Waals surface area contributed by atoms with E-state index in [2.05, 4.69) is 29.2 Å². The van der Waals surface area contributed by atoms with Gasteiger partial charge >= 0.3 is 0 Å². The summed E-state index contributed by atoms with van der Waals surface area (Å²) >= 11 is 0. The zero-order valence-electron chi connectivity index (χ0n) is 14.7. The smallest absolute Gasteiger partial charge is 0.221 e. The number of nitrogens with zero attached hydrogens (tertiary/aromatic N) is 2. The third kappa shape index (κ3) is 4.54. The molecule has 132 valence electrons. The van der Waals surface area contributed by atoms with Gasteiger partial charge in [-0.05, 0) is 56.5 Å². The van der Waals surface area contributed by atoms with Crippen LogP contribution in [0.4, 0.5) is 4.39 Å². The number of amides is 1. The number of nitrogens with one attached hydrogen (secondary N) is 1. The van der Waals surface area contributed by atoms with Gasteiger partial charge in [-0.3, -0.25) is 4.79 Å². The van der Waals surface area contributed by atoms with Crippen LogP contribution in [0.1, 0.15) is 24.8 Å². The van der Waals surface area contributed by atoms with Crippen molar-refractivity contribution in [3.8, 4) is 0 Å². The van der Waals surface area contributed by atoms with Crippen LogP contribution in [0.3, 0.4) is 0 Å². The van der Waals surface area contributed by atoms with Gasteiger partial charge in [-0.2, -0.15) is 0 Å². The average Bonchev–Trinajstić information content (AvgIpc) is 3.31. The van der Waals surface area contributed by atoms with Crippen LogP contribution in [0.5, 0.6) is 0 Å². The summed E-state index contributed by atoms with van der Waals surface area (Å²) in [5.74, 6) is 1.48. The van der Waals surface area contributed by atoms with E-state index in [-0.39, 0.29) is 11.7 Å². The van der Waals surface area contributed by atoms with Crippen LogP contribution < -0.4 is 5.32 Å². The number of benzene rings is 1. The molecule has 1 N–H and O–H groups in total. The largest absolute Gasteiger partial charge is 0.352 e. The fourth-order valence-corrected chi connectivity index (χ4v) is 3.76. The Hall–Kier alpha value is -1.46. The third-order valence-corrected chi connectivity index (χ3v) is 5.36. The van der Waals surface area contributed by atoms with Crippen molar-refractivity contribution in [2.24, 2.45) is 11.8 Å². The molecule has 1 heterocycles. The lowest BCUT2D eigenvalue weighted by Gasteiger charge is -2.25. The fourth-order valence-electron chi connectivity index (χ4n) is 3.76. The minimum Gasteiger partial charge on any atom is -0.352 e. The Labute approximate surface area is 144 Å². The maximum atomic E-state index is 12.9. The van der Waals surface area contributed by atoms with Gasteiger partial charge in [0.15, 0.2) is 0 Å². The molecule has 1 aliphatic heterocycles. The van der Waals surface area contributed by atoms with E-state index in [1.165, 1.54) is 25.0 Å². The molecule has 1 aromatic rings. The van der Waals surface area contributed by atoms with E-state index in [9.17, 15) is 9.18 Å². The van der Waals surface area contributed by atoms with Gasteiger partial charge in [0.05, 0.1) is 0 Å². The fraction of sp³-hybridized carbons (Fsp3) is 0.632. The molecule has 5 heteroatoms. The molecule has 3 rings (SSSR count). The Morgan fingerprint density at radius 1 is 1.25 bits per heavy atom. The van der Waals surface area contributed by atoms with E-state index in [0.717, 1.165) is 37.0 Å². The zero-order chi connectivity index (χ0) is 17.1. The molecule has 0 aromatic heterocycles. The van der Waals surface area contributed by atoms with E-state index >= 15 is 0 Å². The standard InChI is InChI=1S/C19H28FN3O/c1-22(2)18-13-23(12-17(18)15-5-6-15)10-9-19(24)21-11-14-3-7-16(20)8-4-14/h3-4,7-8,15,17-18H,5-6,9-13H2,1-2H3,(H,21,24)/t17-,18+/m1/s1. The first kappa shape index (κ1) is 17.4. The van der Waals surface area contributed by atoms with E-state index in [1.807, 2.05) is 0 Å². The number of carbonyl (C=O) groups is 1. The highest BCUT2D eigenvalue weighted by molar-refractivity contribution is 5.76. The zero-order valence-corrected chi connectivity index (χ0v) is 14.7. The highest BCUT2D eigenvalue weighted by Gasteiger charge is 2.42. The van der Waals surface area contributed by atoms with Crippen LogP contribution in [0.15, 0.2) is 24.3 Å². The van der Waals surface area contributed by atoms with Crippen LogP contribution in [0.25, 0.3) is 0 Å². The van der Waals surface area contributed by atoms with E-state index in [0.29, 0.717) is 19.0 Å². The van der Waals surface area contributed by atoms with E-state index in [1.54, 1.807) is 12.1 Å². The first-order valence-corrected chi connectivity index (χ1v) is 8.93. The minimum atomic E-state index is -0.250. The van der Waals surface area contributed by atoms with Gasteiger partial charge in [-0.25, -0.2) is 4.39 Å². The summed E-state index contributed by atoms with van der Waals surface area (Å²) in [6.45, 7) is 3.48. The molecule has 2 aliphatic rings. The van der Waals surface area contributed by atoms with Gasteiger partial charge in [0, 0.05) is 38.6 Å². The lowest BCUT2D eigenvalue weighted by Crippen LogP contribution is -2.36. The number of carbonyl (C=O) groups excluding carboxylic acids is 1. The van der Waals surface area contributed by atoms with Gasteiger partial charge < -0.3 is 15.1 Å². The van der Waals surface area contributed by atoms with Crippen LogP contribution in [-0.4, -0.2) is 55.5 Å². The molecule has 0 spiro atoms. The number of hydrogen-bond acceptors (Lipinski definition) is 3. The first-order valence-electron chi connectivity index (χ1n) is 8.93. The highest BCUT2D eigenvalue weighted by Crippen LogP contribution is 2.42. The van der Waals surface area contributed by atoms with E-state index in [4.69, 9.17) is 0 Å². The average molecular weight is 333 g/mol. The molecule has 1 aliphatic carbocycles. The van der Waals surface area contributed by atoms with Crippen LogP contribution >= 0.6 is 0 Å². The summed E-state index contributed by atoms with van der Waals surface area (Å²) < 4.78 is 12.9. The number of rotatable bonds is 7. The molecule has 2 atom stereocenters.